The van der Waals surface area contributed by atoms with Crippen molar-refractivity contribution in [2.75, 3.05) is 0 Å². The molecule has 0 radical (unpaired) electrons. The molecule has 2 aromatic rings. The Balaban J connectivity index is 1.47. The zero-order valence-corrected chi connectivity index (χ0v) is 17.5. The molecule has 1 saturated carbocycles. The second-order valence-corrected chi connectivity index (χ2v) is 8.27. The number of halogens is 2. The molecule has 1 aromatic carbocycles. The van der Waals surface area contributed by atoms with Crippen LogP contribution >= 0.6 is 23.2 Å². The van der Waals surface area contributed by atoms with Crippen molar-refractivity contribution >= 4 is 29.1 Å². The van der Waals surface area contributed by atoms with Gasteiger partial charge in [0.1, 0.15) is 16.7 Å². The van der Waals surface area contributed by atoms with E-state index < -0.39 is 5.60 Å². The molecule has 1 fully saturated rings. The summed E-state index contributed by atoms with van der Waals surface area (Å²) in [4.78, 5) is 16.7. The Hall–Kier alpha value is -1.98. The smallest absolute Gasteiger partial charge is 0.263 e. The molecule has 0 saturated heterocycles. The summed E-state index contributed by atoms with van der Waals surface area (Å²) in [6.07, 6.45) is 5.20. The maximum absolute atomic E-state index is 12.7. The van der Waals surface area contributed by atoms with E-state index in [2.05, 4.69) is 10.3 Å². The molecule has 0 unspecified atom stereocenters. The number of nitrogens with one attached hydrogen (secondary N) is 1. The molecule has 1 amide bonds. The van der Waals surface area contributed by atoms with Gasteiger partial charge in [-0.25, -0.2) is 4.98 Å². The van der Waals surface area contributed by atoms with Crippen LogP contribution in [0.2, 0.25) is 10.2 Å². The topological polar surface area (TPSA) is 60.5 Å². The third-order valence-electron chi connectivity index (χ3n) is 4.75. The first-order valence-electron chi connectivity index (χ1n) is 9.35. The van der Waals surface area contributed by atoms with Gasteiger partial charge in [-0.2, -0.15) is 0 Å². The monoisotopic (exact) mass is 422 g/mol. The quantitative estimate of drug-likeness (QED) is 0.661. The highest BCUT2D eigenvalue weighted by Gasteiger charge is 2.33. The number of amides is 1. The average molecular weight is 423 g/mol. The molecule has 1 aromatic heterocycles. The fourth-order valence-electron chi connectivity index (χ4n) is 3.15. The largest absolute Gasteiger partial charge is 0.489 e. The van der Waals surface area contributed by atoms with Gasteiger partial charge in [0.15, 0.2) is 5.60 Å². The molecule has 3 rings (SSSR count). The molecule has 150 valence electrons. The maximum atomic E-state index is 12.7. The number of nitrogens with zero attached hydrogens (tertiary/aromatic N) is 1. The number of pyridine rings is 1. The number of ether oxygens (including phenoxy) is 2. The molecule has 1 N–H and O–H groups in total. The number of aromatic nitrogens is 1. The lowest BCUT2D eigenvalue weighted by molar-refractivity contribution is -0.135. The average Bonchev–Trinajstić information content (AvgIpc) is 2.67. The Kier molecular flexibility index (Phi) is 6.68. The molecule has 28 heavy (non-hydrogen) atoms. The number of carbonyl (C=O) groups excluding carboxylic acids is 1. The van der Waals surface area contributed by atoms with Gasteiger partial charge in [-0.3, -0.25) is 4.79 Å². The molecule has 1 aliphatic carbocycles. The van der Waals surface area contributed by atoms with Crippen LogP contribution in [-0.4, -0.2) is 28.6 Å². The maximum Gasteiger partial charge on any atom is 0.263 e. The third-order valence-corrected chi connectivity index (χ3v) is 5.22. The summed E-state index contributed by atoms with van der Waals surface area (Å²) in [7, 11) is 0. The van der Waals surface area contributed by atoms with Gasteiger partial charge >= 0.3 is 0 Å². The second kappa shape index (κ2) is 9.01. The van der Waals surface area contributed by atoms with E-state index in [0.29, 0.717) is 15.9 Å². The van der Waals surface area contributed by atoms with Crippen LogP contribution in [0, 0.1) is 0 Å². The molecule has 1 aliphatic rings. The van der Waals surface area contributed by atoms with Gasteiger partial charge in [0.25, 0.3) is 5.91 Å². The van der Waals surface area contributed by atoms with Gasteiger partial charge in [-0.1, -0.05) is 23.2 Å². The molecular formula is C21H24Cl2N2O3. The Bertz CT molecular complexity index is 786. The lowest BCUT2D eigenvalue weighted by Gasteiger charge is -2.32. The lowest BCUT2D eigenvalue weighted by atomic mass is 9.92. The minimum Gasteiger partial charge on any atom is -0.489 e. The Morgan fingerprint density at radius 1 is 1.04 bits per heavy atom. The van der Waals surface area contributed by atoms with Crippen LogP contribution in [0.3, 0.4) is 0 Å². The minimum absolute atomic E-state index is 0.115. The van der Waals surface area contributed by atoms with Crippen molar-refractivity contribution in [1.82, 2.24) is 10.3 Å². The Morgan fingerprint density at radius 2 is 1.68 bits per heavy atom. The first-order valence-corrected chi connectivity index (χ1v) is 10.1. The van der Waals surface area contributed by atoms with Crippen molar-refractivity contribution in [3.63, 3.8) is 0 Å². The molecular weight excluding hydrogens is 399 g/mol. The summed E-state index contributed by atoms with van der Waals surface area (Å²) < 4.78 is 11.8. The van der Waals surface area contributed by atoms with E-state index in [9.17, 15) is 4.79 Å². The van der Waals surface area contributed by atoms with Gasteiger partial charge < -0.3 is 14.8 Å². The van der Waals surface area contributed by atoms with Gasteiger partial charge in [0.05, 0.1) is 12.3 Å². The van der Waals surface area contributed by atoms with Crippen LogP contribution in [0.25, 0.3) is 0 Å². The SMILES string of the molecule is CC(C)(Oc1ccc(Cl)cc1)C(=O)N[C@H]1CC[C@H](Oc2ccc(Cl)nc2)CC1. The zero-order valence-electron chi connectivity index (χ0n) is 16.0. The van der Waals surface area contributed by atoms with Crippen molar-refractivity contribution in [3.8, 4) is 11.5 Å². The highest BCUT2D eigenvalue weighted by atomic mass is 35.5. The van der Waals surface area contributed by atoms with Crippen molar-refractivity contribution in [2.45, 2.75) is 57.3 Å². The van der Waals surface area contributed by atoms with Crippen LogP contribution in [0.1, 0.15) is 39.5 Å². The van der Waals surface area contributed by atoms with Gasteiger partial charge in [-0.05, 0) is 75.9 Å². The predicted molar refractivity (Wildman–Crippen MR) is 110 cm³/mol. The van der Waals surface area contributed by atoms with E-state index in [0.717, 1.165) is 31.4 Å². The Labute approximate surface area is 175 Å². The van der Waals surface area contributed by atoms with Crippen LogP contribution in [0.5, 0.6) is 11.5 Å². The van der Waals surface area contributed by atoms with Crippen molar-refractivity contribution in [2.24, 2.45) is 0 Å². The fourth-order valence-corrected chi connectivity index (χ4v) is 3.39. The van der Waals surface area contributed by atoms with Crippen LogP contribution in [0.15, 0.2) is 42.6 Å². The molecule has 1 heterocycles. The van der Waals surface area contributed by atoms with Crippen molar-refractivity contribution < 1.29 is 14.3 Å². The summed E-state index contributed by atoms with van der Waals surface area (Å²) in [5.74, 6) is 1.20. The first-order chi connectivity index (χ1) is 13.3. The zero-order chi connectivity index (χ0) is 20.1. The molecule has 5 nitrogen and oxygen atoms in total. The van der Waals surface area contributed by atoms with Gasteiger partial charge in [0.2, 0.25) is 0 Å². The summed E-state index contributed by atoms with van der Waals surface area (Å²) in [6, 6.07) is 10.6. The van der Waals surface area contributed by atoms with Crippen LogP contribution in [-0.2, 0) is 4.79 Å². The number of hydrogen-bond donors (Lipinski definition) is 1. The summed E-state index contributed by atoms with van der Waals surface area (Å²) in [6.45, 7) is 3.53. The van der Waals surface area contributed by atoms with Crippen LogP contribution in [0.4, 0.5) is 0 Å². The lowest BCUT2D eigenvalue weighted by Crippen LogP contribution is -2.51. The molecule has 0 atom stereocenters. The molecule has 0 aliphatic heterocycles. The Morgan fingerprint density at radius 3 is 2.29 bits per heavy atom. The van der Waals surface area contributed by atoms with E-state index in [1.165, 1.54) is 0 Å². The van der Waals surface area contributed by atoms with Crippen molar-refractivity contribution in [3.05, 3.63) is 52.8 Å². The van der Waals surface area contributed by atoms with E-state index >= 15 is 0 Å². The third kappa shape index (κ3) is 5.76. The predicted octanol–water partition coefficient (Wildman–Crippen LogP) is 5.05. The number of carbonyl (C=O) groups is 1. The normalized spacial score (nSPS) is 19.7. The van der Waals surface area contributed by atoms with Gasteiger partial charge in [0, 0.05) is 11.1 Å². The summed E-state index contributed by atoms with van der Waals surface area (Å²) in [5.41, 5.74) is -0.976. The number of hydrogen-bond acceptors (Lipinski definition) is 4. The van der Waals surface area contributed by atoms with Crippen molar-refractivity contribution in [1.29, 1.82) is 0 Å². The minimum atomic E-state index is -0.976. The standard InChI is InChI=1S/C21H24Cl2N2O3/c1-21(2,28-17-7-3-14(22)4-8-17)20(26)25-15-5-9-16(10-6-15)27-18-11-12-19(23)24-13-18/h3-4,7-8,11-13,15-16H,5-6,9-10H2,1-2H3,(H,25,26)/t15-,16-. The highest BCUT2D eigenvalue weighted by molar-refractivity contribution is 6.30. The van der Waals surface area contributed by atoms with E-state index in [-0.39, 0.29) is 18.1 Å². The van der Waals surface area contributed by atoms with Gasteiger partial charge in [-0.15, -0.1) is 0 Å². The van der Waals surface area contributed by atoms with Crippen LogP contribution < -0.4 is 14.8 Å². The fraction of sp³-hybridized carbons (Fsp3) is 0.429. The first kappa shape index (κ1) is 20.7. The highest BCUT2D eigenvalue weighted by Crippen LogP contribution is 2.25. The van der Waals surface area contributed by atoms with E-state index in [4.69, 9.17) is 32.7 Å². The number of benzene rings is 1. The van der Waals surface area contributed by atoms with E-state index in [1.54, 1.807) is 50.4 Å². The molecule has 0 spiro atoms. The molecule has 0 bridgehead atoms. The van der Waals surface area contributed by atoms with E-state index in [1.807, 2.05) is 6.07 Å². The summed E-state index contributed by atoms with van der Waals surface area (Å²) in [5, 5.41) is 4.18. The summed E-state index contributed by atoms with van der Waals surface area (Å²) >= 11 is 11.7. The second-order valence-electron chi connectivity index (χ2n) is 7.45. The molecule has 7 heteroatoms. The number of rotatable bonds is 6.